The molecule has 3 rings (SSSR count). The second-order valence-corrected chi connectivity index (χ2v) is 7.59. The summed E-state index contributed by atoms with van der Waals surface area (Å²) < 4.78 is 0. The van der Waals surface area contributed by atoms with Crippen molar-refractivity contribution in [1.29, 1.82) is 0 Å². The van der Waals surface area contributed by atoms with Crippen molar-refractivity contribution in [2.45, 2.75) is 26.3 Å². The summed E-state index contributed by atoms with van der Waals surface area (Å²) in [5, 5.41) is 0. The number of rotatable bonds is 5. The number of piperazine rings is 1. The minimum absolute atomic E-state index is 0. The van der Waals surface area contributed by atoms with E-state index in [1.807, 2.05) is 78.2 Å². The van der Waals surface area contributed by atoms with Gasteiger partial charge in [-0.25, -0.2) is 0 Å². The van der Waals surface area contributed by atoms with E-state index < -0.39 is 0 Å². The Morgan fingerprint density at radius 3 is 2.07 bits per heavy atom. The molecule has 2 N–H and O–H groups in total. The summed E-state index contributed by atoms with van der Waals surface area (Å²) in [7, 11) is 0. The lowest BCUT2D eigenvalue weighted by Gasteiger charge is -2.37. The number of amides is 2. The summed E-state index contributed by atoms with van der Waals surface area (Å²) in [6.07, 6.45) is 0.406. The number of benzene rings is 2. The highest BCUT2D eigenvalue weighted by atomic mass is 35.5. The third-order valence-corrected chi connectivity index (χ3v) is 5.53. The van der Waals surface area contributed by atoms with Crippen LogP contribution in [0.15, 0.2) is 54.6 Å². The molecule has 1 saturated heterocycles. The Balaban J connectivity index is 0.00000300. The van der Waals surface area contributed by atoms with E-state index in [9.17, 15) is 9.59 Å². The summed E-state index contributed by atoms with van der Waals surface area (Å²) in [5.74, 6) is -0.121. The highest BCUT2D eigenvalue weighted by Crippen LogP contribution is 2.22. The van der Waals surface area contributed by atoms with Crippen molar-refractivity contribution >= 4 is 24.2 Å². The second-order valence-electron chi connectivity index (χ2n) is 7.59. The van der Waals surface area contributed by atoms with Crippen LogP contribution in [0.25, 0.3) is 0 Å². The molecule has 2 amide bonds. The van der Waals surface area contributed by atoms with Crippen molar-refractivity contribution < 1.29 is 9.59 Å². The molecule has 1 fully saturated rings. The molecule has 0 bridgehead atoms. The van der Waals surface area contributed by atoms with E-state index in [2.05, 4.69) is 0 Å². The van der Waals surface area contributed by atoms with E-state index in [-0.39, 0.29) is 36.2 Å². The Kier molecular flexibility index (Phi) is 8.23. The molecule has 5 nitrogen and oxygen atoms in total. The van der Waals surface area contributed by atoms with Crippen molar-refractivity contribution in [3.63, 3.8) is 0 Å². The molecule has 2 aromatic carbocycles. The summed E-state index contributed by atoms with van der Waals surface area (Å²) in [6.45, 7) is 6.18. The van der Waals surface area contributed by atoms with Gasteiger partial charge in [0.15, 0.2) is 0 Å². The molecule has 29 heavy (non-hydrogen) atoms. The Labute approximate surface area is 179 Å². The Morgan fingerprint density at radius 1 is 0.931 bits per heavy atom. The highest BCUT2D eigenvalue weighted by molar-refractivity contribution is 5.85. The number of halogens is 1. The van der Waals surface area contributed by atoms with E-state index in [4.69, 9.17) is 5.73 Å². The zero-order valence-corrected chi connectivity index (χ0v) is 17.9. The van der Waals surface area contributed by atoms with Gasteiger partial charge in [0.25, 0.3) is 0 Å². The minimum Gasteiger partial charge on any atom is -0.339 e. The smallest absolute Gasteiger partial charge is 0.227 e. The van der Waals surface area contributed by atoms with Gasteiger partial charge in [-0.2, -0.15) is 0 Å². The molecule has 1 aliphatic rings. The average molecular weight is 416 g/mol. The van der Waals surface area contributed by atoms with E-state index >= 15 is 0 Å². The Morgan fingerprint density at radius 2 is 1.48 bits per heavy atom. The van der Waals surface area contributed by atoms with Gasteiger partial charge in [0.1, 0.15) is 0 Å². The lowest BCUT2D eigenvalue weighted by molar-refractivity contribution is -0.142. The monoisotopic (exact) mass is 415 g/mol. The van der Waals surface area contributed by atoms with E-state index in [1.54, 1.807) is 0 Å². The minimum atomic E-state index is -0.324. The van der Waals surface area contributed by atoms with Gasteiger partial charge in [0.2, 0.25) is 11.8 Å². The van der Waals surface area contributed by atoms with Crippen LogP contribution in [0.3, 0.4) is 0 Å². The van der Waals surface area contributed by atoms with Crippen LogP contribution in [0.5, 0.6) is 0 Å². The number of hydrogen-bond donors (Lipinski definition) is 1. The van der Waals surface area contributed by atoms with Crippen LogP contribution in [-0.2, 0) is 16.0 Å². The van der Waals surface area contributed by atoms with Gasteiger partial charge in [-0.1, -0.05) is 67.1 Å². The number of carbonyl (C=O) groups is 2. The van der Waals surface area contributed by atoms with E-state index in [1.165, 1.54) is 5.56 Å². The average Bonchev–Trinajstić information content (AvgIpc) is 2.74. The summed E-state index contributed by atoms with van der Waals surface area (Å²) in [5.41, 5.74) is 9.48. The fourth-order valence-corrected chi connectivity index (χ4v) is 3.57. The summed E-state index contributed by atoms with van der Waals surface area (Å²) >= 11 is 0. The molecular formula is C23H30ClN3O2. The Bertz CT molecular complexity index is 803. The highest BCUT2D eigenvalue weighted by Gasteiger charge is 2.30. The molecule has 0 aromatic heterocycles. The van der Waals surface area contributed by atoms with Gasteiger partial charge >= 0.3 is 0 Å². The molecule has 0 aliphatic carbocycles. The molecule has 156 valence electrons. The normalized spacial score (nSPS) is 16.0. The largest absolute Gasteiger partial charge is 0.339 e. The van der Waals surface area contributed by atoms with Crippen molar-refractivity contribution in [3.8, 4) is 0 Å². The third-order valence-electron chi connectivity index (χ3n) is 5.53. The van der Waals surface area contributed by atoms with Crippen LogP contribution in [-0.4, -0.2) is 47.8 Å². The van der Waals surface area contributed by atoms with Crippen molar-refractivity contribution in [2.24, 2.45) is 11.7 Å². The van der Waals surface area contributed by atoms with Gasteiger partial charge in [-0.05, 0) is 18.1 Å². The lowest BCUT2D eigenvalue weighted by Crippen LogP contribution is -2.52. The topological polar surface area (TPSA) is 66.6 Å². The number of nitrogens with two attached hydrogens (primary N) is 1. The predicted molar refractivity (Wildman–Crippen MR) is 118 cm³/mol. The first-order valence-electron chi connectivity index (χ1n) is 9.88. The second kappa shape index (κ2) is 10.4. The Hall–Kier alpha value is -2.37. The molecular weight excluding hydrogens is 386 g/mol. The summed E-state index contributed by atoms with van der Waals surface area (Å²) in [4.78, 5) is 29.1. The molecule has 1 aliphatic heterocycles. The SMILES string of the molecule is Cc1ccc(CC(=O)N2CCN(C(=O)C(C)C(N)c3ccccc3)CC2)cc1.Cl. The number of aryl methyl sites for hydroxylation is 1. The first kappa shape index (κ1) is 22.9. The van der Waals surface area contributed by atoms with Gasteiger partial charge in [0.05, 0.1) is 12.3 Å². The zero-order chi connectivity index (χ0) is 20.1. The molecule has 0 radical (unpaired) electrons. The molecule has 2 aromatic rings. The fraction of sp³-hybridized carbons (Fsp3) is 0.391. The maximum Gasteiger partial charge on any atom is 0.227 e. The predicted octanol–water partition coefficient (Wildman–Crippen LogP) is 2.97. The van der Waals surface area contributed by atoms with Crippen LogP contribution in [0.1, 0.15) is 29.7 Å². The van der Waals surface area contributed by atoms with Gasteiger partial charge < -0.3 is 15.5 Å². The molecule has 2 unspecified atom stereocenters. The zero-order valence-electron chi connectivity index (χ0n) is 17.1. The van der Waals surface area contributed by atoms with Crippen molar-refractivity contribution in [3.05, 3.63) is 71.3 Å². The van der Waals surface area contributed by atoms with Crippen molar-refractivity contribution in [1.82, 2.24) is 9.80 Å². The number of nitrogens with zero attached hydrogens (tertiary/aromatic N) is 2. The lowest BCUT2D eigenvalue weighted by atomic mass is 9.94. The first-order chi connectivity index (χ1) is 13.5. The molecule has 1 heterocycles. The van der Waals surface area contributed by atoms with Gasteiger partial charge in [-0.15, -0.1) is 12.4 Å². The number of hydrogen-bond acceptors (Lipinski definition) is 3. The van der Waals surface area contributed by atoms with Gasteiger partial charge in [0, 0.05) is 32.2 Å². The fourth-order valence-electron chi connectivity index (χ4n) is 3.57. The van der Waals surface area contributed by atoms with E-state index in [0.29, 0.717) is 32.6 Å². The molecule has 2 atom stereocenters. The standard InChI is InChI=1S/C23H29N3O2.ClH/c1-17-8-10-19(11-9-17)16-21(27)25-12-14-26(15-13-25)23(28)18(2)22(24)20-6-4-3-5-7-20;/h3-11,18,22H,12-16,24H2,1-2H3;1H. The first-order valence-corrected chi connectivity index (χ1v) is 9.88. The third kappa shape index (κ3) is 5.81. The quantitative estimate of drug-likeness (QED) is 0.816. The number of carbonyl (C=O) groups excluding carboxylic acids is 2. The molecule has 0 saturated carbocycles. The van der Waals surface area contributed by atoms with Crippen LogP contribution in [0, 0.1) is 12.8 Å². The van der Waals surface area contributed by atoms with Crippen LogP contribution < -0.4 is 5.73 Å². The van der Waals surface area contributed by atoms with Crippen LogP contribution >= 0.6 is 12.4 Å². The maximum atomic E-state index is 12.9. The maximum absolute atomic E-state index is 12.9. The molecule has 0 spiro atoms. The molecule has 6 heteroatoms. The van der Waals surface area contributed by atoms with Gasteiger partial charge in [-0.3, -0.25) is 9.59 Å². The van der Waals surface area contributed by atoms with Crippen molar-refractivity contribution in [2.75, 3.05) is 26.2 Å². The van der Waals surface area contributed by atoms with Crippen LogP contribution in [0.4, 0.5) is 0 Å². The van der Waals surface area contributed by atoms with Crippen LogP contribution in [0.2, 0.25) is 0 Å². The summed E-state index contributed by atoms with van der Waals surface area (Å²) in [6, 6.07) is 17.4. The van der Waals surface area contributed by atoms with E-state index in [0.717, 1.165) is 11.1 Å².